The Morgan fingerprint density at radius 1 is 1.38 bits per heavy atom. The monoisotopic (exact) mass is 184 g/mol. The van der Waals surface area contributed by atoms with Gasteiger partial charge in [-0.05, 0) is 24.7 Å². The van der Waals surface area contributed by atoms with Crippen molar-refractivity contribution in [1.82, 2.24) is 0 Å². The van der Waals surface area contributed by atoms with Crippen molar-refractivity contribution in [2.75, 3.05) is 0 Å². The van der Waals surface area contributed by atoms with E-state index in [1.165, 1.54) is 25.7 Å². The Kier molecular flexibility index (Phi) is 4.26. The largest absolute Gasteiger partial charge is 0.481 e. The second kappa shape index (κ2) is 5.25. The van der Waals surface area contributed by atoms with Gasteiger partial charge in [-0.3, -0.25) is 4.79 Å². The molecule has 13 heavy (non-hydrogen) atoms. The van der Waals surface area contributed by atoms with Crippen LogP contribution in [0.15, 0.2) is 0 Å². The molecular weight excluding hydrogens is 164 g/mol. The highest BCUT2D eigenvalue weighted by Crippen LogP contribution is 2.32. The average molecular weight is 184 g/mol. The molecule has 2 nitrogen and oxygen atoms in total. The van der Waals surface area contributed by atoms with E-state index in [0.717, 1.165) is 24.7 Å². The highest BCUT2D eigenvalue weighted by Gasteiger charge is 2.20. The van der Waals surface area contributed by atoms with Gasteiger partial charge >= 0.3 is 5.97 Å². The maximum atomic E-state index is 10.3. The summed E-state index contributed by atoms with van der Waals surface area (Å²) in [6, 6.07) is 0. The molecule has 2 unspecified atom stereocenters. The molecule has 0 saturated heterocycles. The fraction of sp³-hybridized carbons (Fsp3) is 0.909. The van der Waals surface area contributed by atoms with Crippen molar-refractivity contribution in [1.29, 1.82) is 0 Å². The molecule has 1 N–H and O–H groups in total. The SMILES string of the molecule is CC1CCCCC1CCCC(=O)O. The first kappa shape index (κ1) is 10.6. The zero-order valence-corrected chi connectivity index (χ0v) is 8.46. The van der Waals surface area contributed by atoms with Gasteiger partial charge in [0.1, 0.15) is 0 Å². The smallest absolute Gasteiger partial charge is 0.303 e. The van der Waals surface area contributed by atoms with Crippen LogP contribution in [0.1, 0.15) is 51.9 Å². The summed E-state index contributed by atoms with van der Waals surface area (Å²) in [6.07, 6.45) is 7.72. The number of hydrogen-bond donors (Lipinski definition) is 1. The van der Waals surface area contributed by atoms with Gasteiger partial charge in [-0.15, -0.1) is 0 Å². The highest BCUT2D eigenvalue weighted by molar-refractivity contribution is 5.66. The summed E-state index contributed by atoms with van der Waals surface area (Å²) in [7, 11) is 0. The fourth-order valence-corrected chi connectivity index (χ4v) is 2.34. The van der Waals surface area contributed by atoms with Gasteiger partial charge in [0.15, 0.2) is 0 Å². The Morgan fingerprint density at radius 2 is 2.08 bits per heavy atom. The van der Waals surface area contributed by atoms with E-state index in [1.807, 2.05) is 0 Å². The van der Waals surface area contributed by atoms with Gasteiger partial charge in [-0.1, -0.05) is 32.6 Å². The molecule has 1 rings (SSSR count). The molecule has 1 saturated carbocycles. The van der Waals surface area contributed by atoms with Crippen LogP contribution in [0.3, 0.4) is 0 Å². The zero-order chi connectivity index (χ0) is 9.68. The minimum Gasteiger partial charge on any atom is -0.481 e. The van der Waals surface area contributed by atoms with Crippen molar-refractivity contribution >= 4 is 5.97 Å². The van der Waals surface area contributed by atoms with Crippen molar-refractivity contribution in [3.63, 3.8) is 0 Å². The number of rotatable bonds is 4. The minimum absolute atomic E-state index is 0.350. The van der Waals surface area contributed by atoms with Gasteiger partial charge in [0.25, 0.3) is 0 Å². The predicted molar refractivity (Wildman–Crippen MR) is 52.6 cm³/mol. The van der Waals surface area contributed by atoms with Crippen LogP contribution in [0.2, 0.25) is 0 Å². The van der Waals surface area contributed by atoms with Gasteiger partial charge in [0.2, 0.25) is 0 Å². The van der Waals surface area contributed by atoms with Crippen molar-refractivity contribution in [2.45, 2.75) is 51.9 Å². The lowest BCUT2D eigenvalue weighted by Crippen LogP contribution is -2.16. The predicted octanol–water partition coefficient (Wildman–Crippen LogP) is 3.07. The zero-order valence-electron chi connectivity index (χ0n) is 8.46. The number of hydrogen-bond acceptors (Lipinski definition) is 1. The Bertz CT molecular complexity index is 165. The first-order chi connectivity index (χ1) is 6.20. The van der Waals surface area contributed by atoms with Gasteiger partial charge in [-0.2, -0.15) is 0 Å². The standard InChI is InChI=1S/C11H20O2/c1-9-5-2-3-6-10(9)7-4-8-11(12)13/h9-10H,2-8H2,1H3,(H,12,13). The third kappa shape index (κ3) is 3.79. The Hall–Kier alpha value is -0.530. The second-order valence-corrected chi connectivity index (χ2v) is 4.31. The number of aliphatic carboxylic acids is 1. The highest BCUT2D eigenvalue weighted by atomic mass is 16.4. The van der Waals surface area contributed by atoms with Crippen LogP contribution < -0.4 is 0 Å². The van der Waals surface area contributed by atoms with E-state index in [0.29, 0.717) is 6.42 Å². The Morgan fingerprint density at radius 3 is 2.69 bits per heavy atom. The first-order valence-electron chi connectivity index (χ1n) is 5.42. The maximum Gasteiger partial charge on any atom is 0.303 e. The molecular formula is C11H20O2. The van der Waals surface area contributed by atoms with Crippen molar-refractivity contribution < 1.29 is 9.90 Å². The third-order valence-corrected chi connectivity index (χ3v) is 3.25. The van der Waals surface area contributed by atoms with Gasteiger partial charge in [0.05, 0.1) is 0 Å². The summed E-state index contributed by atoms with van der Waals surface area (Å²) in [6.45, 7) is 2.31. The van der Waals surface area contributed by atoms with Gasteiger partial charge in [-0.25, -0.2) is 0 Å². The Balaban J connectivity index is 2.15. The quantitative estimate of drug-likeness (QED) is 0.729. The third-order valence-electron chi connectivity index (χ3n) is 3.25. The van der Waals surface area contributed by atoms with E-state index in [1.54, 1.807) is 0 Å². The van der Waals surface area contributed by atoms with Crippen LogP contribution in [0.25, 0.3) is 0 Å². The van der Waals surface area contributed by atoms with E-state index in [4.69, 9.17) is 5.11 Å². The molecule has 1 fully saturated rings. The molecule has 0 aliphatic heterocycles. The lowest BCUT2D eigenvalue weighted by Gasteiger charge is -2.28. The van der Waals surface area contributed by atoms with Crippen LogP contribution in [0.5, 0.6) is 0 Å². The second-order valence-electron chi connectivity index (χ2n) is 4.31. The minimum atomic E-state index is -0.650. The molecule has 0 aromatic heterocycles. The Labute approximate surface area is 80.3 Å². The van der Waals surface area contributed by atoms with E-state index < -0.39 is 5.97 Å². The fourth-order valence-electron chi connectivity index (χ4n) is 2.34. The maximum absolute atomic E-state index is 10.3. The molecule has 76 valence electrons. The topological polar surface area (TPSA) is 37.3 Å². The van der Waals surface area contributed by atoms with E-state index in [2.05, 4.69) is 6.92 Å². The average Bonchev–Trinajstić information content (AvgIpc) is 2.08. The van der Waals surface area contributed by atoms with Crippen LogP contribution in [0, 0.1) is 11.8 Å². The molecule has 0 radical (unpaired) electrons. The van der Waals surface area contributed by atoms with Crippen LogP contribution in [0.4, 0.5) is 0 Å². The summed E-state index contributed by atoms with van der Waals surface area (Å²) in [5.41, 5.74) is 0. The van der Waals surface area contributed by atoms with Gasteiger partial charge < -0.3 is 5.11 Å². The molecule has 0 amide bonds. The van der Waals surface area contributed by atoms with E-state index in [-0.39, 0.29) is 0 Å². The molecule has 0 heterocycles. The first-order valence-corrected chi connectivity index (χ1v) is 5.42. The van der Waals surface area contributed by atoms with Crippen LogP contribution >= 0.6 is 0 Å². The molecule has 0 spiro atoms. The van der Waals surface area contributed by atoms with E-state index in [9.17, 15) is 4.79 Å². The molecule has 2 atom stereocenters. The van der Waals surface area contributed by atoms with Crippen molar-refractivity contribution in [2.24, 2.45) is 11.8 Å². The van der Waals surface area contributed by atoms with Crippen LogP contribution in [-0.2, 0) is 4.79 Å². The van der Waals surface area contributed by atoms with Crippen molar-refractivity contribution in [3.05, 3.63) is 0 Å². The molecule has 1 aliphatic rings. The summed E-state index contributed by atoms with van der Waals surface area (Å²) in [5.74, 6) is 0.971. The normalized spacial score (nSPS) is 28.7. The van der Waals surface area contributed by atoms with E-state index >= 15 is 0 Å². The molecule has 0 aromatic carbocycles. The number of carboxylic acids is 1. The summed E-state index contributed by atoms with van der Waals surface area (Å²) < 4.78 is 0. The molecule has 1 aliphatic carbocycles. The number of carbonyl (C=O) groups is 1. The lowest BCUT2D eigenvalue weighted by atomic mass is 9.78. The number of carboxylic acid groups (broad SMARTS) is 1. The lowest BCUT2D eigenvalue weighted by molar-refractivity contribution is -0.137. The molecule has 0 bridgehead atoms. The molecule has 0 aromatic rings. The summed E-state index contributed by atoms with van der Waals surface area (Å²) in [4.78, 5) is 10.3. The van der Waals surface area contributed by atoms with Gasteiger partial charge in [0, 0.05) is 6.42 Å². The van der Waals surface area contributed by atoms with Crippen molar-refractivity contribution in [3.8, 4) is 0 Å². The van der Waals surface area contributed by atoms with Crippen LogP contribution in [-0.4, -0.2) is 11.1 Å². The molecule has 2 heteroatoms. The summed E-state index contributed by atoms with van der Waals surface area (Å²) in [5, 5.41) is 8.51. The summed E-state index contributed by atoms with van der Waals surface area (Å²) >= 11 is 0.